The van der Waals surface area contributed by atoms with Crippen LogP contribution in [0.15, 0.2) is 22.9 Å². The fraction of sp³-hybridized carbons (Fsp3) is 0.562. The molecule has 0 saturated carbocycles. The van der Waals surface area contributed by atoms with Crippen LogP contribution in [0.3, 0.4) is 0 Å². The van der Waals surface area contributed by atoms with Gasteiger partial charge in [-0.1, -0.05) is 20.3 Å². The lowest BCUT2D eigenvalue weighted by Crippen LogP contribution is -2.07. The molecule has 0 spiro atoms. The summed E-state index contributed by atoms with van der Waals surface area (Å²) in [6, 6.07) is 2.00. The van der Waals surface area contributed by atoms with Gasteiger partial charge in [0, 0.05) is 18.9 Å². The minimum Gasteiger partial charge on any atom is -0.388 e. The third-order valence-corrected chi connectivity index (χ3v) is 4.66. The lowest BCUT2D eigenvalue weighted by molar-refractivity contribution is 0.166. The summed E-state index contributed by atoms with van der Waals surface area (Å²) in [5, 5.41) is 14.7. The average Bonchev–Trinajstić information content (AvgIpc) is 3.06. The van der Waals surface area contributed by atoms with E-state index in [1.54, 1.807) is 0 Å². The third kappa shape index (κ3) is 3.58. The maximum atomic E-state index is 10.1. The van der Waals surface area contributed by atoms with Crippen LogP contribution in [0.1, 0.15) is 56.7 Å². The summed E-state index contributed by atoms with van der Waals surface area (Å²) in [4.78, 5) is 0. The van der Waals surface area contributed by atoms with Gasteiger partial charge >= 0.3 is 0 Å². The number of aliphatic hydroxyl groups is 1. The van der Waals surface area contributed by atoms with Gasteiger partial charge in [-0.3, -0.25) is 4.68 Å². The monoisotopic (exact) mass is 353 g/mol. The molecule has 0 saturated heterocycles. The molecule has 0 aliphatic rings. The van der Waals surface area contributed by atoms with Crippen molar-refractivity contribution in [1.82, 2.24) is 14.3 Å². The zero-order chi connectivity index (χ0) is 15.4. The number of halogens is 1. The molecule has 0 aliphatic carbocycles. The van der Waals surface area contributed by atoms with E-state index in [9.17, 15) is 5.11 Å². The predicted octanol–water partition coefficient (Wildman–Crippen LogP) is 3.91. The summed E-state index contributed by atoms with van der Waals surface area (Å²) in [5.74, 6) is 0. The summed E-state index contributed by atoms with van der Waals surface area (Å²) in [5.41, 5.74) is 3.28. The zero-order valence-corrected chi connectivity index (χ0v) is 14.6. The molecule has 21 heavy (non-hydrogen) atoms. The average molecular weight is 354 g/mol. The largest absolute Gasteiger partial charge is 0.388 e. The molecule has 2 heterocycles. The van der Waals surface area contributed by atoms with E-state index in [1.165, 1.54) is 5.69 Å². The number of aromatic nitrogens is 3. The highest BCUT2D eigenvalue weighted by atomic mass is 79.9. The highest BCUT2D eigenvalue weighted by Crippen LogP contribution is 2.24. The Hall–Kier alpha value is -1.07. The van der Waals surface area contributed by atoms with Gasteiger partial charge in [-0.25, -0.2) is 0 Å². The van der Waals surface area contributed by atoms with Crippen LogP contribution in [0.5, 0.6) is 0 Å². The first kappa shape index (κ1) is 16.3. The Bertz CT molecular complexity index is 588. The standard InChI is InChI=1S/C16H24BrN3O/c1-4-7-15(21)12-8-9-19(10-12)11-14-16(17)13(5-2)18-20(14)6-3/h8-10,15,21H,4-7,11H2,1-3H3. The van der Waals surface area contributed by atoms with Crippen molar-refractivity contribution >= 4 is 15.9 Å². The molecule has 0 amide bonds. The quantitative estimate of drug-likeness (QED) is 0.819. The Balaban J connectivity index is 2.20. The summed E-state index contributed by atoms with van der Waals surface area (Å²) < 4.78 is 5.27. The first-order chi connectivity index (χ1) is 10.1. The minimum absolute atomic E-state index is 0.359. The van der Waals surface area contributed by atoms with Crippen LogP contribution in [0.2, 0.25) is 0 Å². The first-order valence-corrected chi connectivity index (χ1v) is 8.47. The number of hydrogen-bond acceptors (Lipinski definition) is 2. The molecular formula is C16H24BrN3O. The van der Waals surface area contributed by atoms with Crippen molar-refractivity contribution in [1.29, 1.82) is 0 Å². The molecule has 2 aromatic rings. The second-order valence-electron chi connectivity index (χ2n) is 5.30. The van der Waals surface area contributed by atoms with Crippen molar-refractivity contribution in [3.05, 3.63) is 39.9 Å². The van der Waals surface area contributed by atoms with Gasteiger partial charge in [0.2, 0.25) is 0 Å². The summed E-state index contributed by atoms with van der Waals surface area (Å²) in [6.07, 6.45) is 6.42. The van der Waals surface area contributed by atoms with Gasteiger partial charge in [-0.05, 0) is 47.3 Å². The van der Waals surface area contributed by atoms with Crippen LogP contribution in [0, 0.1) is 0 Å². The third-order valence-electron chi connectivity index (χ3n) is 3.75. The molecule has 1 unspecified atom stereocenters. The normalized spacial score (nSPS) is 12.8. The molecule has 0 fully saturated rings. The molecule has 0 radical (unpaired) electrons. The van der Waals surface area contributed by atoms with Crippen molar-refractivity contribution in [2.24, 2.45) is 0 Å². The van der Waals surface area contributed by atoms with E-state index in [4.69, 9.17) is 0 Å². The molecule has 1 N–H and O–H groups in total. The Morgan fingerprint density at radius 3 is 2.71 bits per heavy atom. The van der Waals surface area contributed by atoms with Crippen LogP contribution >= 0.6 is 15.9 Å². The summed E-state index contributed by atoms with van der Waals surface area (Å²) in [6.45, 7) is 7.93. The van der Waals surface area contributed by atoms with Crippen LogP contribution < -0.4 is 0 Å². The van der Waals surface area contributed by atoms with Crippen LogP contribution in [0.25, 0.3) is 0 Å². The first-order valence-electron chi connectivity index (χ1n) is 7.68. The van der Waals surface area contributed by atoms with E-state index in [-0.39, 0.29) is 6.10 Å². The lowest BCUT2D eigenvalue weighted by atomic mass is 10.1. The molecule has 4 nitrogen and oxygen atoms in total. The van der Waals surface area contributed by atoms with Crippen molar-refractivity contribution in [3.8, 4) is 0 Å². The molecule has 2 rings (SSSR count). The van der Waals surface area contributed by atoms with E-state index < -0.39 is 0 Å². The van der Waals surface area contributed by atoms with Gasteiger partial charge in [-0.15, -0.1) is 0 Å². The van der Waals surface area contributed by atoms with Gasteiger partial charge in [-0.2, -0.15) is 5.10 Å². The van der Waals surface area contributed by atoms with Gasteiger partial charge in [0.15, 0.2) is 0 Å². The van der Waals surface area contributed by atoms with Gasteiger partial charge < -0.3 is 9.67 Å². The Kier molecular flexibility index (Phi) is 5.65. The van der Waals surface area contributed by atoms with Crippen LogP contribution in [-0.2, 0) is 19.5 Å². The van der Waals surface area contributed by atoms with Crippen molar-refractivity contribution in [2.75, 3.05) is 0 Å². The summed E-state index contributed by atoms with van der Waals surface area (Å²) >= 11 is 3.68. The fourth-order valence-electron chi connectivity index (χ4n) is 2.54. The van der Waals surface area contributed by atoms with Gasteiger partial charge in [0.05, 0.1) is 28.5 Å². The van der Waals surface area contributed by atoms with E-state index in [0.717, 1.165) is 48.1 Å². The highest BCUT2D eigenvalue weighted by Gasteiger charge is 2.15. The number of aliphatic hydroxyl groups excluding tert-OH is 1. The number of nitrogens with zero attached hydrogens (tertiary/aromatic N) is 3. The lowest BCUT2D eigenvalue weighted by Gasteiger charge is -2.08. The minimum atomic E-state index is -0.359. The van der Waals surface area contributed by atoms with E-state index in [2.05, 4.69) is 46.4 Å². The second kappa shape index (κ2) is 7.27. The van der Waals surface area contributed by atoms with E-state index in [0.29, 0.717) is 0 Å². The maximum Gasteiger partial charge on any atom is 0.0804 e. The maximum absolute atomic E-state index is 10.1. The Labute approximate surface area is 134 Å². The molecular weight excluding hydrogens is 330 g/mol. The molecule has 116 valence electrons. The van der Waals surface area contributed by atoms with Crippen LogP contribution in [0.4, 0.5) is 0 Å². The summed E-state index contributed by atoms with van der Waals surface area (Å²) in [7, 11) is 0. The highest BCUT2D eigenvalue weighted by molar-refractivity contribution is 9.10. The van der Waals surface area contributed by atoms with E-state index >= 15 is 0 Å². The van der Waals surface area contributed by atoms with Crippen molar-refractivity contribution < 1.29 is 5.11 Å². The van der Waals surface area contributed by atoms with Gasteiger partial charge in [0.1, 0.15) is 0 Å². The molecule has 5 heteroatoms. The Morgan fingerprint density at radius 1 is 1.33 bits per heavy atom. The topological polar surface area (TPSA) is 43.0 Å². The van der Waals surface area contributed by atoms with Crippen LogP contribution in [-0.4, -0.2) is 19.5 Å². The number of rotatable bonds is 7. The second-order valence-corrected chi connectivity index (χ2v) is 6.09. The number of aryl methyl sites for hydroxylation is 2. The smallest absolute Gasteiger partial charge is 0.0804 e. The van der Waals surface area contributed by atoms with Gasteiger partial charge in [0.25, 0.3) is 0 Å². The van der Waals surface area contributed by atoms with E-state index in [1.807, 2.05) is 23.1 Å². The zero-order valence-electron chi connectivity index (χ0n) is 13.0. The Morgan fingerprint density at radius 2 is 2.10 bits per heavy atom. The fourth-order valence-corrected chi connectivity index (χ4v) is 3.23. The SMILES string of the molecule is CCCC(O)c1ccn(Cc2c(Br)c(CC)nn2CC)c1. The predicted molar refractivity (Wildman–Crippen MR) is 88.4 cm³/mol. The van der Waals surface area contributed by atoms with Crippen molar-refractivity contribution in [2.45, 2.75) is 59.2 Å². The number of hydrogen-bond donors (Lipinski definition) is 1. The molecule has 0 bridgehead atoms. The molecule has 0 aliphatic heterocycles. The van der Waals surface area contributed by atoms with Crippen molar-refractivity contribution in [3.63, 3.8) is 0 Å². The molecule has 2 aromatic heterocycles. The molecule has 0 aromatic carbocycles. The molecule has 1 atom stereocenters.